The second-order valence-electron chi connectivity index (χ2n) is 7.00. The third-order valence-electron chi connectivity index (χ3n) is 5.01. The molecule has 4 heteroatoms. The molecule has 0 amide bonds. The third kappa shape index (κ3) is 4.42. The van der Waals surface area contributed by atoms with Gasteiger partial charge in [0.1, 0.15) is 0 Å². The summed E-state index contributed by atoms with van der Waals surface area (Å²) in [6.07, 6.45) is 6.92. The van der Waals surface area contributed by atoms with Crippen molar-refractivity contribution in [2.45, 2.75) is 51.0 Å². The Morgan fingerprint density at radius 1 is 1.10 bits per heavy atom. The van der Waals surface area contributed by atoms with Crippen molar-refractivity contribution in [1.29, 1.82) is 0 Å². The van der Waals surface area contributed by atoms with Crippen molar-refractivity contribution in [2.24, 2.45) is 5.41 Å². The van der Waals surface area contributed by atoms with Crippen LogP contribution in [0.1, 0.15) is 45.4 Å². The van der Waals surface area contributed by atoms with E-state index >= 15 is 0 Å². The lowest BCUT2D eigenvalue weighted by molar-refractivity contribution is -0.0802. The molecule has 0 radical (unpaired) electrons. The van der Waals surface area contributed by atoms with E-state index in [-0.39, 0.29) is 0 Å². The molecule has 2 rings (SSSR count). The topological polar surface area (TPSA) is 44.7 Å². The zero-order chi connectivity index (χ0) is 14.5. The molecule has 1 aliphatic heterocycles. The summed E-state index contributed by atoms with van der Waals surface area (Å²) in [7, 11) is 2.17. The molecule has 1 heterocycles. The first kappa shape index (κ1) is 16.2. The van der Waals surface area contributed by atoms with Crippen LogP contribution in [0.2, 0.25) is 0 Å². The first-order valence-electron chi connectivity index (χ1n) is 8.27. The minimum Gasteiger partial charge on any atom is -0.388 e. The number of hydrogen-bond donors (Lipinski definition) is 2. The molecular weight excluding hydrogens is 252 g/mol. The predicted octanol–water partition coefficient (Wildman–Crippen LogP) is 1.63. The fraction of sp³-hybridized carbons (Fsp3) is 1.00. The summed E-state index contributed by atoms with van der Waals surface area (Å²) in [6.45, 7) is 7.63. The van der Waals surface area contributed by atoms with Gasteiger partial charge < -0.3 is 20.1 Å². The quantitative estimate of drug-likeness (QED) is 0.746. The van der Waals surface area contributed by atoms with E-state index in [1.807, 2.05) is 0 Å². The minimum absolute atomic E-state index is 0.423. The minimum atomic E-state index is -0.537. The average Bonchev–Trinajstić information content (AvgIpc) is 2.85. The molecule has 4 nitrogen and oxygen atoms in total. The van der Waals surface area contributed by atoms with Crippen LogP contribution in [0.5, 0.6) is 0 Å². The van der Waals surface area contributed by atoms with Gasteiger partial charge in [-0.3, -0.25) is 0 Å². The number of nitrogens with zero attached hydrogens (tertiary/aromatic N) is 1. The molecule has 0 bridgehead atoms. The van der Waals surface area contributed by atoms with Gasteiger partial charge in [0.15, 0.2) is 0 Å². The fourth-order valence-electron chi connectivity index (χ4n) is 3.95. The van der Waals surface area contributed by atoms with Gasteiger partial charge in [0, 0.05) is 45.7 Å². The summed E-state index contributed by atoms with van der Waals surface area (Å²) in [5, 5.41) is 14.2. The van der Waals surface area contributed by atoms with Crippen molar-refractivity contribution in [3.63, 3.8) is 0 Å². The van der Waals surface area contributed by atoms with E-state index in [0.717, 1.165) is 39.0 Å². The molecule has 0 aromatic rings. The summed E-state index contributed by atoms with van der Waals surface area (Å²) in [5.74, 6) is 0. The molecule has 20 heavy (non-hydrogen) atoms. The van der Waals surface area contributed by atoms with Crippen molar-refractivity contribution in [2.75, 3.05) is 46.4 Å². The van der Waals surface area contributed by atoms with Crippen LogP contribution >= 0.6 is 0 Å². The van der Waals surface area contributed by atoms with Gasteiger partial charge in [-0.2, -0.15) is 0 Å². The highest BCUT2D eigenvalue weighted by Gasteiger charge is 2.37. The molecule has 0 atom stereocenters. The highest BCUT2D eigenvalue weighted by molar-refractivity contribution is 4.91. The Hall–Kier alpha value is -0.160. The van der Waals surface area contributed by atoms with Crippen LogP contribution in [0.4, 0.5) is 0 Å². The summed E-state index contributed by atoms with van der Waals surface area (Å²) in [4.78, 5) is 2.36. The Morgan fingerprint density at radius 2 is 1.75 bits per heavy atom. The van der Waals surface area contributed by atoms with Crippen molar-refractivity contribution in [3.8, 4) is 0 Å². The van der Waals surface area contributed by atoms with Crippen molar-refractivity contribution in [1.82, 2.24) is 10.2 Å². The second kappa shape index (κ2) is 7.21. The highest BCUT2D eigenvalue weighted by Crippen LogP contribution is 2.38. The molecule has 0 spiro atoms. The summed E-state index contributed by atoms with van der Waals surface area (Å²) in [6, 6.07) is 0. The Balaban J connectivity index is 1.86. The summed E-state index contributed by atoms with van der Waals surface area (Å²) >= 11 is 0. The SMILES string of the molecule is CCNCC1(CN(C)CC2(O)CCOCC2)CCCC1. The smallest absolute Gasteiger partial charge is 0.0817 e. The first-order chi connectivity index (χ1) is 9.58. The van der Waals surface area contributed by atoms with E-state index in [2.05, 4.69) is 24.2 Å². The van der Waals surface area contributed by atoms with Crippen LogP contribution in [0.25, 0.3) is 0 Å². The molecule has 118 valence electrons. The van der Waals surface area contributed by atoms with E-state index in [9.17, 15) is 5.11 Å². The largest absolute Gasteiger partial charge is 0.388 e. The van der Waals surface area contributed by atoms with Gasteiger partial charge in [-0.25, -0.2) is 0 Å². The lowest BCUT2D eigenvalue weighted by Crippen LogP contribution is -2.49. The van der Waals surface area contributed by atoms with E-state index < -0.39 is 5.60 Å². The average molecular weight is 284 g/mol. The van der Waals surface area contributed by atoms with E-state index in [0.29, 0.717) is 18.6 Å². The maximum absolute atomic E-state index is 10.6. The van der Waals surface area contributed by atoms with Crippen LogP contribution in [0.15, 0.2) is 0 Å². The van der Waals surface area contributed by atoms with Crippen LogP contribution in [-0.4, -0.2) is 62.0 Å². The number of likely N-dealkylation sites (N-methyl/N-ethyl adjacent to an activating group) is 1. The molecule has 0 aromatic carbocycles. The summed E-state index contributed by atoms with van der Waals surface area (Å²) < 4.78 is 5.36. The number of aliphatic hydroxyl groups is 1. The lowest BCUT2D eigenvalue weighted by atomic mass is 9.84. The molecule has 2 N–H and O–H groups in total. The number of ether oxygens (including phenoxy) is 1. The molecule has 0 aromatic heterocycles. The van der Waals surface area contributed by atoms with Crippen LogP contribution < -0.4 is 5.32 Å². The fourth-order valence-corrected chi connectivity index (χ4v) is 3.95. The van der Waals surface area contributed by atoms with Crippen LogP contribution in [0, 0.1) is 5.41 Å². The molecule has 0 unspecified atom stereocenters. The number of hydrogen-bond acceptors (Lipinski definition) is 4. The highest BCUT2D eigenvalue weighted by atomic mass is 16.5. The van der Waals surface area contributed by atoms with Crippen molar-refractivity contribution >= 4 is 0 Å². The molecule has 2 aliphatic rings. The normalized spacial score (nSPS) is 25.2. The van der Waals surface area contributed by atoms with Crippen molar-refractivity contribution in [3.05, 3.63) is 0 Å². The standard InChI is InChI=1S/C16H32N2O2/c1-3-17-12-15(6-4-5-7-15)13-18(2)14-16(19)8-10-20-11-9-16/h17,19H,3-14H2,1-2H3. The van der Waals surface area contributed by atoms with Gasteiger partial charge in [0.25, 0.3) is 0 Å². The third-order valence-corrected chi connectivity index (χ3v) is 5.01. The van der Waals surface area contributed by atoms with E-state index in [1.165, 1.54) is 25.7 Å². The first-order valence-corrected chi connectivity index (χ1v) is 8.27. The monoisotopic (exact) mass is 284 g/mol. The molecule has 1 saturated heterocycles. The van der Waals surface area contributed by atoms with Crippen LogP contribution in [-0.2, 0) is 4.74 Å². The van der Waals surface area contributed by atoms with E-state index in [1.54, 1.807) is 0 Å². The zero-order valence-corrected chi connectivity index (χ0v) is 13.3. The van der Waals surface area contributed by atoms with Gasteiger partial charge in [0.2, 0.25) is 0 Å². The Morgan fingerprint density at radius 3 is 2.35 bits per heavy atom. The second-order valence-corrected chi connectivity index (χ2v) is 7.00. The molecule has 1 aliphatic carbocycles. The van der Waals surface area contributed by atoms with Gasteiger partial charge in [-0.1, -0.05) is 19.8 Å². The number of nitrogens with one attached hydrogen (secondary N) is 1. The Kier molecular flexibility index (Phi) is 5.84. The van der Waals surface area contributed by atoms with Gasteiger partial charge >= 0.3 is 0 Å². The zero-order valence-electron chi connectivity index (χ0n) is 13.3. The van der Waals surface area contributed by atoms with Gasteiger partial charge in [-0.15, -0.1) is 0 Å². The van der Waals surface area contributed by atoms with Crippen LogP contribution in [0.3, 0.4) is 0 Å². The van der Waals surface area contributed by atoms with Crippen molar-refractivity contribution < 1.29 is 9.84 Å². The maximum Gasteiger partial charge on any atom is 0.0817 e. The molecule has 2 fully saturated rings. The Labute approximate surface area is 123 Å². The lowest BCUT2D eigenvalue weighted by Gasteiger charge is -2.39. The summed E-state index contributed by atoms with van der Waals surface area (Å²) in [5.41, 5.74) is -0.114. The molecule has 1 saturated carbocycles. The Bertz CT molecular complexity index is 284. The molecular formula is C16H32N2O2. The van der Waals surface area contributed by atoms with Gasteiger partial charge in [-0.05, 0) is 31.8 Å². The maximum atomic E-state index is 10.6. The number of rotatable bonds is 7. The predicted molar refractivity (Wildman–Crippen MR) is 81.9 cm³/mol. The van der Waals surface area contributed by atoms with Gasteiger partial charge in [0.05, 0.1) is 5.60 Å². The van der Waals surface area contributed by atoms with E-state index in [4.69, 9.17) is 4.74 Å².